The van der Waals surface area contributed by atoms with Gasteiger partial charge in [-0.1, -0.05) is 26.2 Å². The van der Waals surface area contributed by atoms with Gasteiger partial charge in [-0.05, 0) is 32.3 Å². The number of imide groups is 1. The quantitative estimate of drug-likeness (QED) is 0.449. The summed E-state index contributed by atoms with van der Waals surface area (Å²) in [6, 6.07) is 1.13. The largest absolute Gasteiger partial charge is 0.462 e. The van der Waals surface area contributed by atoms with E-state index in [0.717, 1.165) is 29.0 Å². The lowest BCUT2D eigenvalue weighted by Gasteiger charge is -2.35. The number of hydrogen-bond acceptors (Lipinski definition) is 8. The minimum atomic E-state index is -0.882. The maximum Gasteiger partial charge on any atom is 0.341 e. The molecule has 1 aliphatic carbocycles. The summed E-state index contributed by atoms with van der Waals surface area (Å²) in [5.41, 5.74) is -0.639. The first-order chi connectivity index (χ1) is 15.7. The number of ether oxygens (including phenoxy) is 2. The molecule has 11 heteroatoms. The summed E-state index contributed by atoms with van der Waals surface area (Å²) in [6.07, 6.45) is 4.53. The molecule has 0 bridgehead atoms. The van der Waals surface area contributed by atoms with E-state index in [0.29, 0.717) is 24.3 Å². The first kappa shape index (κ1) is 24.7. The molecule has 2 fully saturated rings. The Morgan fingerprint density at radius 3 is 2.45 bits per heavy atom. The van der Waals surface area contributed by atoms with Crippen molar-refractivity contribution in [2.75, 3.05) is 32.1 Å². The number of likely N-dealkylation sites (N-methyl/N-ethyl adjacent to an activating group) is 1. The number of nitrogens with zero attached hydrogens (tertiary/aromatic N) is 2. The van der Waals surface area contributed by atoms with Crippen molar-refractivity contribution in [1.82, 2.24) is 9.80 Å². The molecule has 2 aliphatic rings. The maximum atomic E-state index is 12.9. The fourth-order valence-corrected chi connectivity index (χ4v) is 5.22. The molecule has 33 heavy (non-hydrogen) atoms. The van der Waals surface area contributed by atoms with Gasteiger partial charge in [0.05, 0.1) is 12.2 Å². The summed E-state index contributed by atoms with van der Waals surface area (Å²) < 4.78 is 10.0. The summed E-state index contributed by atoms with van der Waals surface area (Å²) in [4.78, 5) is 65.5. The molecular formula is C22H29N3O7S. The lowest BCUT2D eigenvalue weighted by Crippen LogP contribution is -2.49. The van der Waals surface area contributed by atoms with Crippen LogP contribution in [-0.2, 0) is 30.3 Å². The van der Waals surface area contributed by atoms with Crippen molar-refractivity contribution in [3.63, 3.8) is 0 Å². The maximum absolute atomic E-state index is 12.9. The lowest BCUT2D eigenvalue weighted by molar-refractivity contribution is -0.150. The zero-order valence-electron chi connectivity index (χ0n) is 19.1. The fraction of sp³-hybridized carbons (Fsp3) is 0.591. The van der Waals surface area contributed by atoms with Gasteiger partial charge in [-0.25, -0.2) is 9.59 Å². The number of thiophene rings is 1. The molecule has 3 rings (SSSR count). The second kappa shape index (κ2) is 10.3. The third-order valence-electron chi connectivity index (χ3n) is 6.02. The van der Waals surface area contributed by atoms with Gasteiger partial charge in [0, 0.05) is 11.9 Å². The number of esters is 2. The van der Waals surface area contributed by atoms with Crippen LogP contribution in [0.4, 0.5) is 9.80 Å². The van der Waals surface area contributed by atoms with E-state index in [9.17, 15) is 24.0 Å². The average Bonchev–Trinajstić information content (AvgIpc) is 3.29. The third kappa shape index (κ3) is 5.02. The average molecular weight is 480 g/mol. The fourth-order valence-electron chi connectivity index (χ4n) is 4.22. The van der Waals surface area contributed by atoms with E-state index in [4.69, 9.17) is 9.47 Å². The van der Waals surface area contributed by atoms with Gasteiger partial charge in [0.1, 0.15) is 17.1 Å². The van der Waals surface area contributed by atoms with E-state index in [1.54, 1.807) is 20.0 Å². The second-order valence-corrected chi connectivity index (χ2v) is 9.20. The van der Waals surface area contributed by atoms with Crippen molar-refractivity contribution < 1.29 is 33.4 Å². The number of carbonyl (C=O) groups excluding carboxylic acids is 5. The Morgan fingerprint density at radius 1 is 1.12 bits per heavy atom. The van der Waals surface area contributed by atoms with E-state index in [2.05, 4.69) is 5.32 Å². The Balaban J connectivity index is 1.57. The number of urea groups is 1. The molecule has 0 unspecified atom stereocenters. The zero-order chi connectivity index (χ0) is 24.2. The molecule has 0 aromatic carbocycles. The molecule has 1 aromatic rings. The van der Waals surface area contributed by atoms with Crippen molar-refractivity contribution in [2.45, 2.75) is 57.9 Å². The second-order valence-electron chi connectivity index (χ2n) is 8.06. The van der Waals surface area contributed by atoms with Gasteiger partial charge in [0.25, 0.3) is 11.8 Å². The van der Waals surface area contributed by atoms with Crippen LogP contribution in [0.5, 0.6) is 0 Å². The van der Waals surface area contributed by atoms with Gasteiger partial charge < -0.3 is 19.7 Å². The van der Waals surface area contributed by atoms with Crippen LogP contribution >= 0.6 is 11.3 Å². The Hall–Kier alpha value is -2.95. The summed E-state index contributed by atoms with van der Waals surface area (Å²) >= 11 is 1.24. The predicted octanol–water partition coefficient (Wildman–Crippen LogP) is 2.57. The van der Waals surface area contributed by atoms with Crippen molar-refractivity contribution in [1.29, 1.82) is 0 Å². The Kier molecular flexibility index (Phi) is 7.72. The van der Waals surface area contributed by atoms with Crippen LogP contribution in [0, 0.1) is 0 Å². The third-order valence-corrected chi connectivity index (χ3v) is 7.21. The molecular weight excluding hydrogens is 450 g/mol. The highest BCUT2D eigenvalue weighted by molar-refractivity contribution is 7.16. The summed E-state index contributed by atoms with van der Waals surface area (Å²) in [7, 11) is 1.58. The molecule has 2 heterocycles. The minimum absolute atomic E-state index is 0.200. The van der Waals surface area contributed by atoms with Crippen LogP contribution in [-0.4, -0.2) is 71.9 Å². The van der Waals surface area contributed by atoms with Gasteiger partial charge in [0.2, 0.25) is 0 Å². The number of aryl methyl sites for hydroxylation is 1. The van der Waals surface area contributed by atoms with E-state index in [-0.39, 0.29) is 18.1 Å². The lowest BCUT2D eigenvalue weighted by atomic mass is 9.81. The van der Waals surface area contributed by atoms with Crippen LogP contribution < -0.4 is 5.32 Å². The molecule has 1 aliphatic heterocycles. The molecule has 1 saturated carbocycles. The number of carbonyl (C=O) groups is 5. The Bertz CT molecular complexity index is 952. The zero-order valence-corrected chi connectivity index (χ0v) is 19.9. The number of anilines is 1. The van der Waals surface area contributed by atoms with Gasteiger partial charge in [-0.2, -0.15) is 0 Å². The molecule has 0 atom stereocenters. The molecule has 1 saturated heterocycles. The molecule has 1 aromatic heterocycles. The standard InChI is InChI=1S/C22H29N3O7S/c1-4-14-11-15(19(28)31-5-2)18(33-14)23-16(26)13-32-17(27)12-25-20(29)22(24(3)21(25)30)9-7-6-8-10-22/h11H,4-10,12-13H2,1-3H3,(H,23,26). The Labute approximate surface area is 196 Å². The first-order valence-electron chi connectivity index (χ1n) is 11.1. The summed E-state index contributed by atoms with van der Waals surface area (Å²) in [5, 5.41) is 2.89. The normalized spacial score (nSPS) is 17.4. The highest BCUT2D eigenvalue weighted by Gasteiger charge is 2.56. The van der Waals surface area contributed by atoms with Gasteiger partial charge in [-0.3, -0.25) is 19.3 Å². The molecule has 0 radical (unpaired) electrons. The molecule has 4 amide bonds. The smallest absolute Gasteiger partial charge is 0.341 e. The number of amides is 4. The van der Waals surface area contributed by atoms with E-state index < -0.39 is 42.6 Å². The van der Waals surface area contributed by atoms with Crippen LogP contribution in [0.3, 0.4) is 0 Å². The first-order valence-corrected chi connectivity index (χ1v) is 11.9. The highest BCUT2D eigenvalue weighted by Crippen LogP contribution is 2.39. The van der Waals surface area contributed by atoms with Crippen LogP contribution in [0.2, 0.25) is 0 Å². The SMILES string of the molecule is CCOC(=O)c1cc(CC)sc1NC(=O)COC(=O)CN1C(=O)N(C)C2(CCCCC2)C1=O. The molecule has 1 N–H and O–H groups in total. The number of nitrogens with one attached hydrogen (secondary N) is 1. The van der Waals surface area contributed by atoms with E-state index >= 15 is 0 Å². The topological polar surface area (TPSA) is 122 Å². The predicted molar refractivity (Wildman–Crippen MR) is 120 cm³/mol. The Morgan fingerprint density at radius 2 is 1.82 bits per heavy atom. The van der Waals surface area contributed by atoms with Gasteiger partial charge >= 0.3 is 18.0 Å². The molecule has 180 valence electrons. The van der Waals surface area contributed by atoms with Gasteiger partial charge in [-0.15, -0.1) is 11.3 Å². The van der Waals surface area contributed by atoms with Gasteiger partial charge in [0.15, 0.2) is 6.61 Å². The van der Waals surface area contributed by atoms with Crippen molar-refractivity contribution in [2.24, 2.45) is 0 Å². The van der Waals surface area contributed by atoms with Crippen molar-refractivity contribution in [3.8, 4) is 0 Å². The van der Waals surface area contributed by atoms with Crippen LogP contribution in [0.25, 0.3) is 0 Å². The van der Waals surface area contributed by atoms with Crippen molar-refractivity contribution >= 4 is 46.1 Å². The molecule has 10 nitrogen and oxygen atoms in total. The number of hydrogen-bond donors (Lipinski definition) is 1. The van der Waals surface area contributed by atoms with E-state index in [1.807, 2.05) is 6.92 Å². The minimum Gasteiger partial charge on any atom is -0.462 e. The monoisotopic (exact) mass is 479 g/mol. The highest BCUT2D eigenvalue weighted by atomic mass is 32.1. The van der Waals surface area contributed by atoms with Crippen molar-refractivity contribution in [3.05, 3.63) is 16.5 Å². The number of rotatable bonds is 8. The molecule has 1 spiro atoms. The van der Waals surface area contributed by atoms with Crippen LogP contribution in [0.1, 0.15) is 61.2 Å². The summed E-state index contributed by atoms with van der Waals surface area (Å²) in [5.74, 6) is -2.44. The van der Waals surface area contributed by atoms with E-state index in [1.165, 1.54) is 16.2 Å². The summed E-state index contributed by atoms with van der Waals surface area (Å²) in [6.45, 7) is 2.64. The van der Waals surface area contributed by atoms with Crippen LogP contribution in [0.15, 0.2) is 6.07 Å².